The number of anilines is 1. The molecule has 0 aliphatic heterocycles. The van der Waals surface area contributed by atoms with E-state index in [4.69, 9.17) is 5.11 Å². The fourth-order valence-electron chi connectivity index (χ4n) is 1.30. The van der Waals surface area contributed by atoms with Crippen LogP contribution in [0.4, 0.5) is 5.95 Å². The Labute approximate surface area is 82.0 Å². The van der Waals surface area contributed by atoms with E-state index in [2.05, 4.69) is 15.3 Å². The third-order valence-corrected chi connectivity index (χ3v) is 2.05. The van der Waals surface area contributed by atoms with Gasteiger partial charge in [0.15, 0.2) is 0 Å². The summed E-state index contributed by atoms with van der Waals surface area (Å²) in [5, 5.41) is 11.9. The van der Waals surface area contributed by atoms with E-state index >= 15 is 0 Å². The molecule has 0 spiro atoms. The molecule has 0 aliphatic carbocycles. The molecular weight excluding hydrogens is 178 g/mol. The Kier molecular flexibility index (Phi) is 2.37. The molecule has 0 amide bonds. The molecule has 14 heavy (non-hydrogen) atoms. The van der Waals surface area contributed by atoms with Crippen molar-refractivity contribution in [1.82, 2.24) is 9.97 Å². The molecule has 0 saturated heterocycles. The smallest absolute Gasteiger partial charge is 0.201 e. The average molecular weight is 191 g/mol. The first-order chi connectivity index (χ1) is 6.79. The normalized spacial score (nSPS) is 13.0. The maximum absolute atomic E-state index is 8.87. The number of aliphatic hydroxyl groups is 1. The Morgan fingerprint density at radius 2 is 2.29 bits per heavy atom. The molecule has 74 valence electrons. The summed E-state index contributed by atoms with van der Waals surface area (Å²) in [6, 6.07) is 7.83. The summed E-state index contributed by atoms with van der Waals surface area (Å²) in [5.41, 5.74) is 1.93. The molecule has 1 heterocycles. The van der Waals surface area contributed by atoms with Crippen LogP contribution in [0.5, 0.6) is 0 Å². The second kappa shape index (κ2) is 3.67. The predicted molar refractivity (Wildman–Crippen MR) is 56.3 cm³/mol. The monoisotopic (exact) mass is 191 g/mol. The SMILES string of the molecule is C[C@H](CO)Nc1nc2ccccc2[nH]1. The van der Waals surface area contributed by atoms with Crippen LogP contribution in [0.3, 0.4) is 0 Å². The quantitative estimate of drug-likeness (QED) is 0.686. The van der Waals surface area contributed by atoms with Crippen molar-refractivity contribution >= 4 is 17.0 Å². The van der Waals surface area contributed by atoms with Crippen LogP contribution in [-0.2, 0) is 0 Å². The fraction of sp³-hybridized carbons (Fsp3) is 0.300. The van der Waals surface area contributed by atoms with E-state index < -0.39 is 0 Å². The Morgan fingerprint density at radius 1 is 1.50 bits per heavy atom. The standard InChI is InChI=1S/C10H13N3O/c1-7(6-14)11-10-12-8-4-2-3-5-9(8)13-10/h2-5,7,14H,6H2,1H3,(H2,11,12,13)/t7-/m1/s1. The zero-order chi connectivity index (χ0) is 9.97. The number of aliphatic hydroxyl groups excluding tert-OH is 1. The van der Waals surface area contributed by atoms with Crippen molar-refractivity contribution in [2.75, 3.05) is 11.9 Å². The highest BCUT2D eigenvalue weighted by atomic mass is 16.3. The van der Waals surface area contributed by atoms with Gasteiger partial charge >= 0.3 is 0 Å². The first kappa shape index (κ1) is 9.02. The van der Waals surface area contributed by atoms with Gasteiger partial charge in [-0.3, -0.25) is 0 Å². The zero-order valence-corrected chi connectivity index (χ0v) is 7.99. The van der Waals surface area contributed by atoms with Gasteiger partial charge in [0, 0.05) is 6.04 Å². The van der Waals surface area contributed by atoms with Gasteiger partial charge in [-0.15, -0.1) is 0 Å². The molecule has 1 aromatic carbocycles. The lowest BCUT2D eigenvalue weighted by Gasteiger charge is -2.07. The van der Waals surface area contributed by atoms with Gasteiger partial charge in [-0.1, -0.05) is 12.1 Å². The lowest BCUT2D eigenvalue weighted by molar-refractivity contribution is 0.281. The number of H-pyrrole nitrogens is 1. The minimum absolute atomic E-state index is 0.00978. The van der Waals surface area contributed by atoms with E-state index in [1.807, 2.05) is 31.2 Å². The van der Waals surface area contributed by atoms with Gasteiger partial charge in [-0.2, -0.15) is 0 Å². The van der Waals surface area contributed by atoms with Crippen LogP contribution < -0.4 is 5.32 Å². The van der Waals surface area contributed by atoms with Crippen LogP contribution in [0.1, 0.15) is 6.92 Å². The van der Waals surface area contributed by atoms with Crippen molar-refractivity contribution in [2.45, 2.75) is 13.0 Å². The van der Waals surface area contributed by atoms with Crippen molar-refractivity contribution in [1.29, 1.82) is 0 Å². The lowest BCUT2D eigenvalue weighted by Crippen LogP contribution is -2.19. The molecule has 0 unspecified atom stereocenters. The highest BCUT2D eigenvalue weighted by Gasteiger charge is 2.04. The number of nitrogens with one attached hydrogen (secondary N) is 2. The molecule has 4 nitrogen and oxygen atoms in total. The molecule has 1 aromatic heterocycles. The van der Waals surface area contributed by atoms with E-state index in [0.29, 0.717) is 5.95 Å². The summed E-state index contributed by atoms with van der Waals surface area (Å²) in [5.74, 6) is 0.702. The lowest BCUT2D eigenvalue weighted by atomic mass is 10.3. The third kappa shape index (κ3) is 1.70. The molecule has 1 atom stereocenters. The topological polar surface area (TPSA) is 60.9 Å². The van der Waals surface area contributed by atoms with Gasteiger partial charge in [0.25, 0.3) is 0 Å². The molecular formula is C10H13N3O. The van der Waals surface area contributed by atoms with Crippen LogP contribution in [0.25, 0.3) is 11.0 Å². The summed E-state index contributed by atoms with van der Waals surface area (Å²) in [7, 11) is 0. The molecule has 2 rings (SSSR count). The van der Waals surface area contributed by atoms with Gasteiger partial charge in [0.05, 0.1) is 17.6 Å². The second-order valence-electron chi connectivity index (χ2n) is 3.33. The summed E-state index contributed by atoms with van der Waals surface area (Å²) >= 11 is 0. The second-order valence-corrected chi connectivity index (χ2v) is 3.33. The molecule has 0 saturated carbocycles. The van der Waals surface area contributed by atoms with Crippen LogP contribution in [0.15, 0.2) is 24.3 Å². The largest absolute Gasteiger partial charge is 0.394 e. The van der Waals surface area contributed by atoms with Gasteiger partial charge in [0.1, 0.15) is 0 Å². The zero-order valence-electron chi connectivity index (χ0n) is 7.99. The Bertz CT molecular complexity index is 391. The third-order valence-electron chi connectivity index (χ3n) is 2.05. The number of fused-ring (bicyclic) bond motifs is 1. The van der Waals surface area contributed by atoms with Crippen molar-refractivity contribution < 1.29 is 5.11 Å². The van der Waals surface area contributed by atoms with Crippen molar-refractivity contribution in [3.63, 3.8) is 0 Å². The number of rotatable bonds is 3. The molecule has 0 fully saturated rings. The van der Waals surface area contributed by atoms with Crippen LogP contribution in [0.2, 0.25) is 0 Å². The summed E-state index contributed by atoms with van der Waals surface area (Å²) in [6.07, 6.45) is 0. The molecule has 4 heteroatoms. The number of aromatic nitrogens is 2. The molecule has 0 aliphatic rings. The highest BCUT2D eigenvalue weighted by molar-refractivity contribution is 5.77. The van der Waals surface area contributed by atoms with Crippen molar-refractivity contribution in [3.8, 4) is 0 Å². The van der Waals surface area contributed by atoms with Crippen molar-refractivity contribution in [2.24, 2.45) is 0 Å². The minimum atomic E-state index is 0.00978. The van der Waals surface area contributed by atoms with E-state index in [1.165, 1.54) is 0 Å². The molecule has 0 radical (unpaired) electrons. The summed E-state index contributed by atoms with van der Waals surface area (Å²) in [4.78, 5) is 7.45. The number of benzene rings is 1. The van der Waals surface area contributed by atoms with Gasteiger partial charge < -0.3 is 15.4 Å². The molecule has 2 aromatic rings. The fourth-order valence-corrected chi connectivity index (χ4v) is 1.30. The van der Waals surface area contributed by atoms with E-state index in [1.54, 1.807) is 0 Å². The van der Waals surface area contributed by atoms with Crippen LogP contribution in [-0.4, -0.2) is 27.7 Å². The summed E-state index contributed by atoms with van der Waals surface area (Å²) < 4.78 is 0. The van der Waals surface area contributed by atoms with Crippen LogP contribution >= 0.6 is 0 Å². The van der Waals surface area contributed by atoms with E-state index in [9.17, 15) is 0 Å². The molecule has 0 bridgehead atoms. The highest BCUT2D eigenvalue weighted by Crippen LogP contribution is 2.13. The number of imidazole rings is 1. The minimum Gasteiger partial charge on any atom is -0.394 e. The average Bonchev–Trinajstić information content (AvgIpc) is 2.59. The van der Waals surface area contributed by atoms with Crippen molar-refractivity contribution in [3.05, 3.63) is 24.3 Å². The van der Waals surface area contributed by atoms with Gasteiger partial charge in [0.2, 0.25) is 5.95 Å². The maximum Gasteiger partial charge on any atom is 0.201 e. The first-order valence-electron chi connectivity index (χ1n) is 4.62. The Balaban J connectivity index is 2.27. The summed E-state index contributed by atoms with van der Waals surface area (Å²) in [6.45, 7) is 1.99. The van der Waals surface area contributed by atoms with Gasteiger partial charge in [-0.25, -0.2) is 4.98 Å². The number of hydrogen-bond donors (Lipinski definition) is 3. The number of para-hydroxylation sites is 2. The molecule has 3 N–H and O–H groups in total. The van der Waals surface area contributed by atoms with Gasteiger partial charge in [-0.05, 0) is 19.1 Å². The van der Waals surface area contributed by atoms with E-state index in [-0.39, 0.29) is 12.6 Å². The predicted octanol–water partition coefficient (Wildman–Crippen LogP) is 1.36. The maximum atomic E-state index is 8.87. The Morgan fingerprint density at radius 3 is 3.00 bits per heavy atom. The Hall–Kier alpha value is -1.55. The van der Waals surface area contributed by atoms with E-state index in [0.717, 1.165) is 11.0 Å². The number of aromatic amines is 1. The number of hydrogen-bond acceptors (Lipinski definition) is 3. The van der Waals surface area contributed by atoms with Crippen LogP contribution in [0, 0.1) is 0 Å². The number of nitrogens with zero attached hydrogens (tertiary/aromatic N) is 1. The first-order valence-corrected chi connectivity index (χ1v) is 4.62.